The van der Waals surface area contributed by atoms with Gasteiger partial charge in [0.25, 0.3) is 11.6 Å². The summed E-state index contributed by atoms with van der Waals surface area (Å²) in [6.45, 7) is 0. The molecule has 7 heteroatoms. The van der Waals surface area contributed by atoms with Crippen molar-refractivity contribution in [3.05, 3.63) is 34.4 Å². The molecule has 1 aromatic rings. The van der Waals surface area contributed by atoms with E-state index >= 15 is 0 Å². The van der Waals surface area contributed by atoms with Crippen LogP contribution in [0.3, 0.4) is 0 Å². The van der Waals surface area contributed by atoms with Crippen LogP contribution >= 0.6 is 11.9 Å². The van der Waals surface area contributed by atoms with Gasteiger partial charge >= 0.3 is 0 Å². The third-order valence-corrected chi connectivity index (χ3v) is 2.38. The van der Waals surface area contributed by atoms with Crippen LogP contribution in [0.25, 0.3) is 0 Å². The molecule has 1 aromatic carbocycles. The third kappa shape index (κ3) is 3.35. The third-order valence-electron chi connectivity index (χ3n) is 1.63. The number of carbonyl (C=O) groups excluding carboxylic acids is 1. The maximum Gasteiger partial charge on any atom is 0.284 e. The summed E-state index contributed by atoms with van der Waals surface area (Å²) >= 11 is 0.886. The molecular weight excluding hydrogens is 230 g/mol. The molecule has 0 atom stereocenters. The average Bonchev–Trinajstić information content (AvgIpc) is 2.29. The molecule has 0 fully saturated rings. The number of carbonyl (C=O) groups is 1. The first-order valence-corrected chi connectivity index (χ1v) is 5.08. The maximum absolute atomic E-state index is 10.8. The molecular formula is C9H9N3O3S. The van der Waals surface area contributed by atoms with Crippen molar-refractivity contribution < 1.29 is 9.72 Å². The van der Waals surface area contributed by atoms with E-state index in [1.807, 2.05) is 0 Å². The van der Waals surface area contributed by atoms with Gasteiger partial charge in [-0.1, -0.05) is 12.1 Å². The molecule has 0 unspecified atom stereocenters. The molecule has 0 bridgehead atoms. The number of rotatable bonds is 4. The quantitative estimate of drug-likeness (QED) is 0.372. The lowest BCUT2D eigenvalue weighted by atomic mass is 10.3. The summed E-state index contributed by atoms with van der Waals surface area (Å²) in [5.41, 5.74) is -0.0263. The Balaban J connectivity index is 2.77. The van der Waals surface area contributed by atoms with Crippen molar-refractivity contribution in [2.45, 2.75) is 4.90 Å². The highest BCUT2D eigenvalue weighted by Gasteiger charge is 2.12. The molecule has 1 N–H and O–H groups in total. The second-order valence-corrected chi connectivity index (χ2v) is 3.50. The topological polar surface area (TPSA) is 84.6 Å². The van der Waals surface area contributed by atoms with Crippen molar-refractivity contribution in [3.8, 4) is 0 Å². The lowest BCUT2D eigenvalue weighted by Gasteiger charge is -1.96. The largest absolute Gasteiger partial charge is 0.354 e. The van der Waals surface area contributed by atoms with Gasteiger partial charge < -0.3 is 5.32 Å². The Labute approximate surface area is 96.0 Å². The predicted octanol–water partition coefficient (Wildman–Crippen LogP) is 1.42. The highest BCUT2D eigenvalue weighted by atomic mass is 32.2. The SMILES string of the molecule is CNC(=O)C=NSc1ccccc1[N+](=O)[O-]. The van der Waals surface area contributed by atoms with Gasteiger partial charge in [0.15, 0.2) is 0 Å². The first kappa shape index (κ1) is 12.2. The van der Waals surface area contributed by atoms with E-state index in [0.717, 1.165) is 18.2 Å². The zero-order valence-corrected chi connectivity index (χ0v) is 9.23. The molecule has 0 spiro atoms. The van der Waals surface area contributed by atoms with E-state index in [2.05, 4.69) is 9.71 Å². The molecule has 0 heterocycles. The van der Waals surface area contributed by atoms with Gasteiger partial charge in [0.2, 0.25) is 0 Å². The Kier molecular flexibility index (Phi) is 4.46. The van der Waals surface area contributed by atoms with Gasteiger partial charge in [-0.15, -0.1) is 0 Å². The van der Waals surface area contributed by atoms with Crippen molar-refractivity contribution in [1.82, 2.24) is 5.32 Å². The molecule has 1 amide bonds. The lowest BCUT2D eigenvalue weighted by Crippen LogP contribution is -2.18. The van der Waals surface area contributed by atoms with Crippen LogP contribution < -0.4 is 5.32 Å². The van der Waals surface area contributed by atoms with Gasteiger partial charge in [-0.05, 0) is 6.07 Å². The standard InChI is InChI=1S/C9H9N3O3S/c1-10-9(13)6-11-16-8-5-3-2-4-7(8)12(14)15/h2-6H,1H3,(H,10,13). The monoisotopic (exact) mass is 239 g/mol. The van der Waals surface area contributed by atoms with Crippen LogP contribution in [0.2, 0.25) is 0 Å². The number of nitro groups is 1. The second kappa shape index (κ2) is 5.86. The number of amides is 1. The van der Waals surface area contributed by atoms with Gasteiger partial charge in [-0.2, -0.15) is 0 Å². The summed E-state index contributed by atoms with van der Waals surface area (Å²) in [6.07, 6.45) is 1.07. The van der Waals surface area contributed by atoms with E-state index in [-0.39, 0.29) is 11.6 Å². The van der Waals surface area contributed by atoms with Gasteiger partial charge in [-0.25, -0.2) is 4.40 Å². The summed E-state index contributed by atoms with van der Waals surface area (Å²) in [7, 11) is 1.48. The molecule has 0 aliphatic carbocycles. The minimum atomic E-state index is -0.488. The molecule has 0 aromatic heterocycles. The van der Waals surface area contributed by atoms with Crippen LogP contribution in [0.15, 0.2) is 33.6 Å². The van der Waals surface area contributed by atoms with Crippen LogP contribution in [0, 0.1) is 10.1 Å². The number of nitrogens with one attached hydrogen (secondary N) is 1. The number of para-hydroxylation sites is 1. The van der Waals surface area contributed by atoms with Crippen molar-refractivity contribution in [2.75, 3.05) is 7.05 Å². The number of hydrogen-bond donors (Lipinski definition) is 1. The number of nitrogens with zero attached hydrogens (tertiary/aromatic N) is 2. The summed E-state index contributed by atoms with van der Waals surface area (Å²) in [5, 5.41) is 13.0. The predicted molar refractivity (Wildman–Crippen MR) is 61.5 cm³/mol. The molecule has 0 saturated heterocycles. The van der Waals surface area contributed by atoms with Crippen LogP contribution in [0.1, 0.15) is 0 Å². The second-order valence-electron chi connectivity index (χ2n) is 2.66. The highest BCUT2D eigenvalue weighted by Crippen LogP contribution is 2.28. The summed E-state index contributed by atoms with van der Waals surface area (Å²) in [4.78, 5) is 21.4. The van der Waals surface area contributed by atoms with Crippen molar-refractivity contribution in [1.29, 1.82) is 0 Å². The van der Waals surface area contributed by atoms with E-state index in [1.165, 1.54) is 13.1 Å². The fourth-order valence-electron chi connectivity index (χ4n) is 0.881. The Morgan fingerprint density at radius 1 is 1.56 bits per heavy atom. The van der Waals surface area contributed by atoms with E-state index in [0.29, 0.717) is 4.90 Å². The molecule has 84 valence electrons. The van der Waals surface area contributed by atoms with Gasteiger partial charge in [0.05, 0.1) is 4.92 Å². The molecule has 0 aliphatic rings. The molecule has 0 aliphatic heterocycles. The van der Waals surface area contributed by atoms with Crippen LogP contribution in [0.4, 0.5) is 5.69 Å². The highest BCUT2D eigenvalue weighted by molar-refractivity contribution is 7.98. The van der Waals surface area contributed by atoms with Crippen LogP contribution in [0.5, 0.6) is 0 Å². The molecule has 6 nitrogen and oxygen atoms in total. The summed E-state index contributed by atoms with van der Waals surface area (Å²) < 4.78 is 3.73. The van der Waals surface area contributed by atoms with Crippen LogP contribution in [-0.4, -0.2) is 24.1 Å². The Bertz CT molecular complexity index is 434. The minimum Gasteiger partial charge on any atom is -0.354 e. The maximum atomic E-state index is 10.8. The fourth-order valence-corrected chi connectivity index (χ4v) is 1.52. The zero-order valence-electron chi connectivity index (χ0n) is 8.41. The zero-order chi connectivity index (χ0) is 12.0. The molecule has 0 saturated carbocycles. The van der Waals surface area contributed by atoms with Gasteiger partial charge in [0.1, 0.15) is 11.1 Å². The van der Waals surface area contributed by atoms with Crippen molar-refractivity contribution in [2.24, 2.45) is 4.40 Å². The molecule has 1 rings (SSSR count). The van der Waals surface area contributed by atoms with Crippen LogP contribution in [-0.2, 0) is 4.79 Å². The first-order chi connectivity index (χ1) is 7.65. The Morgan fingerprint density at radius 3 is 2.88 bits per heavy atom. The minimum absolute atomic E-state index is 0.0263. The van der Waals surface area contributed by atoms with Gasteiger partial charge in [0, 0.05) is 25.1 Å². The average molecular weight is 239 g/mol. The Hall–Kier alpha value is -1.89. The normalized spacial score (nSPS) is 10.3. The molecule has 0 radical (unpaired) electrons. The van der Waals surface area contributed by atoms with E-state index in [4.69, 9.17) is 0 Å². The smallest absolute Gasteiger partial charge is 0.284 e. The van der Waals surface area contributed by atoms with Gasteiger partial charge in [-0.3, -0.25) is 14.9 Å². The van der Waals surface area contributed by atoms with E-state index in [9.17, 15) is 14.9 Å². The van der Waals surface area contributed by atoms with E-state index < -0.39 is 4.92 Å². The number of benzene rings is 1. The number of nitro benzene ring substituents is 1. The number of hydrogen-bond acceptors (Lipinski definition) is 5. The Morgan fingerprint density at radius 2 is 2.25 bits per heavy atom. The van der Waals surface area contributed by atoms with E-state index in [1.54, 1.807) is 18.2 Å². The lowest BCUT2D eigenvalue weighted by molar-refractivity contribution is -0.387. The van der Waals surface area contributed by atoms with Crippen molar-refractivity contribution >= 4 is 29.8 Å². The molecule has 16 heavy (non-hydrogen) atoms. The first-order valence-electron chi connectivity index (χ1n) is 4.30. The fraction of sp³-hybridized carbons (Fsp3) is 0.111. The summed E-state index contributed by atoms with van der Waals surface area (Å²) in [5.74, 6) is -0.355. The van der Waals surface area contributed by atoms with Crippen molar-refractivity contribution in [3.63, 3.8) is 0 Å². The summed E-state index contributed by atoms with van der Waals surface area (Å²) in [6, 6.07) is 6.21.